The first-order chi connectivity index (χ1) is 8.28. The Balaban J connectivity index is 0.00000324. The van der Waals surface area contributed by atoms with Crippen molar-refractivity contribution in [1.29, 1.82) is 0 Å². The molecule has 0 radical (unpaired) electrons. The van der Waals surface area contributed by atoms with Crippen molar-refractivity contribution >= 4 is 30.3 Å². The Hall–Kier alpha value is -1.34. The van der Waals surface area contributed by atoms with E-state index in [0.29, 0.717) is 6.54 Å². The Morgan fingerprint density at radius 3 is 2.47 bits per heavy atom. The third-order valence-corrected chi connectivity index (χ3v) is 3.33. The van der Waals surface area contributed by atoms with E-state index in [1.165, 1.54) is 0 Å². The zero-order valence-corrected chi connectivity index (χ0v) is 12.2. The third-order valence-electron chi connectivity index (χ3n) is 3.33. The summed E-state index contributed by atoms with van der Waals surface area (Å²) in [5, 5.41) is 4.92. The lowest BCUT2D eigenvalue weighted by Gasteiger charge is -2.34. The first-order valence-corrected chi connectivity index (χ1v) is 5.88. The number of amides is 4. The fraction of sp³-hybridized carbons (Fsp3) is 0.727. The van der Waals surface area contributed by atoms with Crippen molar-refractivity contribution in [3.05, 3.63) is 0 Å². The molecule has 0 aliphatic carbocycles. The van der Waals surface area contributed by atoms with E-state index in [1.54, 1.807) is 0 Å². The van der Waals surface area contributed by atoms with Gasteiger partial charge in [-0.25, -0.2) is 4.79 Å². The van der Waals surface area contributed by atoms with Crippen LogP contribution in [0.5, 0.6) is 0 Å². The van der Waals surface area contributed by atoms with Crippen LogP contribution in [-0.2, 0) is 9.59 Å². The van der Waals surface area contributed by atoms with Crippen molar-refractivity contribution in [1.82, 2.24) is 15.5 Å². The molecule has 0 aromatic carbocycles. The molecule has 7 nitrogen and oxygen atoms in total. The van der Waals surface area contributed by atoms with E-state index >= 15 is 0 Å². The van der Waals surface area contributed by atoms with Gasteiger partial charge in [0, 0.05) is 6.54 Å². The van der Waals surface area contributed by atoms with Crippen molar-refractivity contribution in [3.8, 4) is 0 Å². The summed E-state index contributed by atoms with van der Waals surface area (Å²) in [6, 6.07) is -0.533. The number of nitrogens with two attached hydrogens (primary N) is 1. The van der Waals surface area contributed by atoms with E-state index in [-0.39, 0.29) is 37.3 Å². The van der Waals surface area contributed by atoms with Crippen LogP contribution in [0.4, 0.5) is 4.79 Å². The highest BCUT2D eigenvalue weighted by Crippen LogP contribution is 2.14. The zero-order valence-electron chi connectivity index (χ0n) is 11.4. The number of hydrogen-bond donors (Lipinski definition) is 3. The highest BCUT2D eigenvalue weighted by atomic mass is 35.5. The normalized spacial score (nSPS) is 17.8. The zero-order chi connectivity index (χ0) is 13.9. The minimum Gasteiger partial charge on any atom is -0.348 e. The van der Waals surface area contributed by atoms with E-state index < -0.39 is 17.5 Å². The average Bonchev–Trinajstić information content (AvgIpc) is 2.56. The van der Waals surface area contributed by atoms with Crippen LogP contribution >= 0.6 is 12.4 Å². The van der Waals surface area contributed by atoms with Gasteiger partial charge < -0.3 is 16.0 Å². The van der Waals surface area contributed by atoms with Crippen molar-refractivity contribution in [2.45, 2.75) is 26.3 Å². The van der Waals surface area contributed by atoms with Crippen LogP contribution in [0.2, 0.25) is 0 Å². The largest absolute Gasteiger partial charge is 0.348 e. The fourth-order valence-electron chi connectivity index (χ4n) is 1.57. The number of nitrogens with zero attached hydrogens (tertiary/aromatic N) is 1. The molecular formula is C11H21ClN4O3. The van der Waals surface area contributed by atoms with Crippen LogP contribution in [-0.4, -0.2) is 47.9 Å². The number of carbonyl (C=O) groups is 3. The number of urea groups is 1. The Bertz CT molecular complexity index is 375. The van der Waals surface area contributed by atoms with Gasteiger partial charge >= 0.3 is 6.03 Å². The molecule has 0 spiro atoms. The predicted octanol–water partition coefficient (Wildman–Crippen LogP) is -0.550. The molecule has 1 heterocycles. The molecule has 0 aromatic rings. The molecule has 1 fully saturated rings. The lowest BCUT2D eigenvalue weighted by atomic mass is 9.88. The van der Waals surface area contributed by atoms with Gasteiger partial charge in [-0.2, -0.15) is 0 Å². The second-order valence-electron chi connectivity index (χ2n) is 5.03. The molecule has 4 N–H and O–H groups in total. The van der Waals surface area contributed by atoms with Gasteiger partial charge in [0.15, 0.2) is 0 Å². The van der Waals surface area contributed by atoms with Crippen LogP contribution in [0.1, 0.15) is 20.8 Å². The summed E-state index contributed by atoms with van der Waals surface area (Å²) >= 11 is 0. The van der Waals surface area contributed by atoms with Crippen LogP contribution in [0.25, 0.3) is 0 Å². The fourth-order valence-corrected chi connectivity index (χ4v) is 1.57. The van der Waals surface area contributed by atoms with Crippen molar-refractivity contribution in [2.75, 3.05) is 19.6 Å². The van der Waals surface area contributed by atoms with Gasteiger partial charge in [0.1, 0.15) is 13.1 Å². The van der Waals surface area contributed by atoms with Gasteiger partial charge in [0.05, 0.1) is 5.54 Å². The van der Waals surface area contributed by atoms with E-state index in [0.717, 1.165) is 4.90 Å². The van der Waals surface area contributed by atoms with E-state index in [9.17, 15) is 14.4 Å². The lowest BCUT2D eigenvalue weighted by Crippen LogP contribution is -2.57. The molecule has 1 aliphatic rings. The minimum atomic E-state index is -0.533. The maximum Gasteiger partial charge on any atom is 0.325 e. The molecule has 8 heteroatoms. The third kappa shape index (κ3) is 4.36. The maximum atomic E-state index is 11.8. The van der Waals surface area contributed by atoms with Gasteiger partial charge in [-0.3, -0.25) is 14.9 Å². The van der Waals surface area contributed by atoms with Crippen LogP contribution in [0.3, 0.4) is 0 Å². The van der Waals surface area contributed by atoms with E-state index in [4.69, 9.17) is 5.73 Å². The number of carbonyl (C=O) groups excluding carboxylic acids is 3. The molecule has 19 heavy (non-hydrogen) atoms. The summed E-state index contributed by atoms with van der Waals surface area (Å²) in [7, 11) is 0. The molecule has 4 amide bonds. The predicted molar refractivity (Wildman–Crippen MR) is 72.8 cm³/mol. The van der Waals surface area contributed by atoms with Crippen LogP contribution < -0.4 is 16.4 Å². The van der Waals surface area contributed by atoms with Crippen molar-refractivity contribution in [3.63, 3.8) is 0 Å². The van der Waals surface area contributed by atoms with Crippen molar-refractivity contribution < 1.29 is 14.4 Å². The van der Waals surface area contributed by atoms with E-state index in [1.807, 2.05) is 20.8 Å². The van der Waals surface area contributed by atoms with Gasteiger partial charge in [0.25, 0.3) is 0 Å². The van der Waals surface area contributed by atoms with Gasteiger partial charge in [0.2, 0.25) is 11.8 Å². The summed E-state index contributed by atoms with van der Waals surface area (Å²) < 4.78 is 0. The average molecular weight is 293 g/mol. The highest BCUT2D eigenvalue weighted by Gasteiger charge is 2.32. The number of rotatable bonds is 5. The summed E-state index contributed by atoms with van der Waals surface area (Å²) in [5.41, 5.74) is 5.14. The van der Waals surface area contributed by atoms with Crippen LogP contribution in [0, 0.1) is 5.92 Å². The molecule has 1 atom stereocenters. The molecule has 1 rings (SSSR count). The Kier molecular flexibility index (Phi) is 6.24. The molecule has 1 aliphatic heterocycles. The number of hydrogen-bond acceptors (Lipinski definition) is 4. The number of nitrogens with one attached hydrogen (secondary N) is 2. The summed E-state index contributed by atoms with van der Waals surface area (Å²) in [6.07, 6.45) is 0. The quantitative estimate of drug-likeness (QED) is 0.591. The van der Waals surface area contributed by atoms with Crippen LogP contribution in [0.15, 0.2) is 0 Å². The first kappa shape index (κ1) is 17.7. The Labute approximate surface area is 118 Å². The Morgan fingerprint density at radius 1 is 1.53 bits per heavy atom. The van der Waals surface area contributed by atoms with Gasteiger partial charge in [-0.15, -0.1) is 12.4 Å². The summed E-state index contributed by atoms with van der Waals surface area (Å²) in [6.45, 7) is 5.86. The molecule has 0 saturated carbocycles. The molecule has 0 aromatic heterocycles. The summed E-state index contributed by atoms with van der Waals surface area (Å²) in [5.74, 6) is -0.541. The van der Waals surface area contributed by atoms with Gasteiger partial charge in [-0.1, -0.05) is 13.8 Å². The molecule has 0 bridgehead atoms. The van der Waals surface area contributed by atoms with Crippen molar-refractivity contribution in [2.24, 2.45) is 11.7 Å². The summed E-state index contributed by atoms with van der Waals surface area (Å²) in [4.78, 5) is 35.2. The first-order valence-electron chi connectivity index (χ1n) is 5.88. The number of halogens is 1. The second kappa shape index (κ2) is 6.72. The monoisotopic (exact) mass is 292 g/mol. The molecule has 1 unspecified atom stereocenters. The highest BCUT2D eigenvalue weighted by molar-refractivity contribution is 6.03. The standard InChI is InChI=1S/C11H20N4O3.ClH/c1-7(2)11(3,6-12)14-9(17)5-15-4-8(16)13-10(15)18;/h7H,4-6,12H2,1-3H3,(H,14,17)(H,13,16,18);1H. The lowest BCUT2D eigenvalue weighted by molar-refractivity contribution is -0.124. The maximum absolute atomic E-state index is 11.8. The van der Waals surface area contributed by atoms with E-state index in [2.05, 4.69) is 10.6 Å². The smallest absolute Gasteiger partial charge is 0.325 e. The molecule has 1 saturated heterocycles. The molecule has 110 valence electrons. The second-order valence-corrected chi connectivity index (χ2v) is 5.03. The minimum absolute atomic E-state index is 0. The van der Waals surface area contributed by atoms with Gasteiger partial charge in [-0.05, 0) is 12.8 Å². The SMILES string of the molecule is CC(C)C(C)(CN)NC(=O)CN1CC(=O)NC1=O.Cl. The Morgan fingerprint density at radius 2 is 2.11 bits per heavy atom. The molecular weight excluding hydrogens is 272 g/mol. The topological polar surface area (TPSA) is 105 Å². The number of imide groups is 1.